The number of hydrogen-bond acceptors (Lipinski definition) is 3. The summed E-state index contributed by atoms with van der Waals surface area (Å²) in [5.41, 5.74) is 6.20. The summed E-state index contributed by atoms with van der Waals surface area (Å²) < 4.78 is 5.06. The molecule has 1 rings (SSSR count). The second kappa shape index (κ2) is 4.98. The molecular weight excluding hydrogens is 192 g/mol. The van der Waals surface area contributed by atoms with E-state index >= 15 is 0 Å². The molecule has 4 heteroatoms. The number of hydrogen-bond donors (Lipinski definition) is 2. The Morgan fingerprint density at radius 1 is 1.60 bits per heavy atom. The Morgan fingerprint density at radius 2 is 2.27 bits per heavy atom. The lowest BCUT2D eigenvalue weighted by Gasteiger charge is -2.15. The summed E-state index contributed by atoms with van der Waals surface area (Å²) in [4.78, 5) is 11.6. The third kappa shape index (κ3) is 3.75. The zero-order chi connectivity index (χ0) is 11.4. The van der Waals surface area contributed by atoms with Gasteiger partial charge in [0, 0.05) is 12.1 Å². The van der Waals surface area contributed by atoms with Gasteiger partial charge in [-0.1, -0.05) is 0 Å². The van der Waals surface area contributed by atoms with E-state index in [0.717, 1.165) is 12.2 Å². The standard InChI is InChI=1S/C11H18N2O2/c1-7(12)4-8(2)13-11(14)10-5-9(3)15-6-10/h5-8H,4,12H2,1-3H3,(H,13,14). The number of carbonyl (C=O) groups is 1. The molecule has 4 nitrogen and oxygen atoms in total. The predicted molar refractivity (Wildman–Crippen MR) is 58.6 cm³/mol. The number of amides is 1. The van der Waals surface area contributed by atoms with Crippen molar-refractivity contribution in [3.63, 3.8) is 0 Å². The molecule has 1 heterocycles. The fourth-order valence-corrected chi connectivity index (χ4v) is 1.49. The fraction of sp³-hybridized carbons (Fsp3) is 0.545. The Morgan fingerprint density at radius 3 is 2.73 bits per heavy atom. The van der Waals surface area contributed by atoms with E-state index < -0.39 is 0 Å². The highest BCUT2D eigenvalue weighted by molar-refractivity contribution is 5.94. The highest BCUT2D eigenvalue weighted by Crippen LogP contribution is 2.06. The van der Waals surface area contributed by atoms with Crippen LogP contribution in [0.3, 0.4) is 0 Å². The van der Waals surface area contributed by atoms with Crippen LogP contribution in [0.15, 0.2) is 16.7 Å². The maximum Gasteiger partial charge on any atom is 0.254 e. The monoisotopic (exact) mass is 210 g/mol. The van der Waals surface area contributed by atoms with Gasteiger partial charge in [-0.05, 0) is 33.3 Å². The van der Waals surface area contributed by atoms with Crippen LogP contribution in [0.5, 0.6) is 0 Å². The molecule has 0 aliphatic heterocycles. The minimum atomic E-state index is -0.111. The van der Waals surface area contributed by atoms with E-state index in [2.05, 4.69) is 5.32 Å². The largest absolute Gasteiger partial charge is 0.469 e. The Kier molecular flexibility index (Phi) is 3.91. The first-order chi connectivity index (χ1) is 6.99. The van der Waals surface area contributed by atoms with Crippen LogP contribution in [0.25, 0.3) is 0 Å². The van der Waals surface area contributed by atoms with Gasteiger partial charge in [-0.2, -0.15) is 0 Å². The predicted octanol–water partition coefficient (Wildman–Crippen LogP) is 1.44. The number of aryl methyl sites for hydroxylation is 1. The Bertz CT molecular complexity index is 331. The van der Waals surface area contributed by atoms with Crippen molar-refractivity contribution >= 4 is 5.91 Å². The van der Waals surface area contributed by atoms with Crippen LogP contribution in [-0.2, 0) is 0 Å². The first kappa shape index (κ1) is 11.8. The van der Waals surface area contributed by atoms with Gasteiger partial charge in [0.05, 0.1) is 5.56 Å². The summed E-state index contributed by atoms with van der Waals surface area (Å²) in [5.74, 6) is 0.625. The summed E-state index contributed by atoms with van der Waals surface area (Å²) in [6.45, 7) is 5.67. The Balaban J connectivity index is 2.49. The molecule has 1 aromatic rings. The molecule has 2 atom stereocenters. The van der Waals surface area contributed by atoms with Gasteiger partial charge in [-0.15, -0.1) is 0 Å². The van der Waals surface area contributed by atoms with Gasteiger partial charge in [0.15, 0.2) is 0 Å². The normalized spacial score (nSPS) is 14.7. The van der Waals surface area contributed by atoms with Crippen molar-refractivity contribution in [1.29, 1.82) is 0 Å². The zero-order valence-electron chi connectivity index (χ0n) is 9.41. The average molecular weight is 210 g/mol. The van der Waals surface area contributed by atoms with Crippen LogP contribution in [0.2, 0.25) is 0 Å². The molecule has 0 spiro atoms. The smallest absolute Gasteiger partial charge is 0.254 e. The molecule has 0 bridgehead atoms. The Labute approximate surface area is 89.8 Å². The topological polar surface area (TPSA) is 68.3 Å². The first-order valence-corrected chi connectivity index (χ1v) is 5.10. The van der Waals surface area contributed by atoms with Crippen molar-refractivity contribution in [3.8, 4) is 0 Å². The van der Waals surface area contributed by atoms with Crippen molar-refractivity contribution in [2.24, 2.45) is 5.73 Å². The molecule has 0 saturated heterocycles. The number of carbonyl (C=O) groups excluding carboxylic acids is 1. The van der Waals surface area contributed by atoms with Crippen LogP contribution in [0.1, 0.15) is 36.4 Å². The van der Waals surface area contributed by atoms with Crippen LogP contribution in [-0.4, -0.2) is 18.0 Å². The number of nitrogens with two attached hydrogens (primary N) is 1. The van der Waals surface area contributed by atoms with E-state index in [1.54, 1.807) is 6.07 Å². The van der Waals surface area contributed by atoms with Gasteiger partial charge < -0.3 is 15.5 Å². The van der Waals surface area contributed by atoms with E-state index in [1.165, 1.54) is 6.26 Å². The molecule has 0 aliphatic rings. The van der Waals surface area contributed by atoms with E-state index in [-0.39, 0.29) is 18.0 Å². The highest BCUT2D eigenvalue weighted by Gasteiger charge is 2.12. The molecule has 84 valence electrons. The molecule has 0 saturated carbocycles. The second-order valence-electron chi connectivity index (χ2n) is 4.03. The molecule has 0 aliphatic carbocycles. The van der Waals surface area contributed by atoms with Crippen molar-refractivity contribution < 1.29 is 9.21 Å². The molecule has 2 unspecified atom stereocenters. The van der Waals surface area contributed by atoms with E-state index in [4.69, 9.17) is 10.2 Å². The lowest BCUT2D eigenvalue weighted by Crippen LogP contribution is -2.36. The number of nitrogens with one attached hydrogen (secondary N) is 1. The van der Waals surface area contributed by atoms with Gasteiger partial charge in [0.1, 0.15) is 12.0 Å². The van der Waals surface area contributed by atoms with E-state index in [0.29, 0.717) is 5.56 Å². The summed E-state index contributed by atoms with van der Waals surface area (Å²) in [6, 6.07) is 1.88. The summed E-state index contributed by atoms with van der Waals surface area (Å²) in [5, 5.41) is 2.86. The van der Waals surface area contributed by atoms with Gasteiger partial charge in [-0.3, -0.25) is 4.79 Å². The lowest BCUT2D eigenvalue weighted by atomic mass is 10.1. The van der Waals surface area contributed by atoms with Crippen molar-refractivity contribution in [2.75, 3.05) is 0 Å². The average Bonchev–Trinajstić information content (AvgIpc) is 2.49. The summed E-state index contributed by atoms with van der Waals surface area (Å²) in [6.07, 6.45) is 2.23. The van der Waals surface area contributed by atoms with Gasteiger partial charge >= 0.3 is 0 Å². The van der Waals surface area contributed by atoms with Crippen molar-refractivity contribution in [2.45, 2.75) is 39.3 Å². The van der Waals surface area contributed by atoms with Crippen LogP contribution < -0.4 is 11.1 Å². The second-order valence-corrected chi connectivity index (χ2v) is 4.03. The third-order valence-corrected chi connectivity index (χ3v) is 2.10. The van der Waals surface area contributed by atoms with Crippen molar-refractivity contribution in [3.05, 3.63) is 23.7 Å². The quantitative estimate of drug-likeness (QED) is 0.790. The maximum absolute atomic E-state index is 11.6. The molecule has 0 fully saturated rings. The first-order valence-electron chi connectivity index (χ1n) is 5.10. The van der Waals surface area contributed by atoms with Gasteiger partial charge in [-0.25, -0.2) is 0 Å². The molecule has 1 aromatic heterocycles. The van der Waals surface area contributed by atoms with E-state index in [9.17, 15) is 4.79 Å². The SMILES string of the molecule is Cc1cc(C(=O)NC(C)CC(C)N)co1. The summed E-state index contributed by atoms with van der Waals surface area (Å²) in [7, 11) is 0. The number of rotatable bonds is 4. The number of furan rings is 1. The van der Waals surface area contributed by atoms with Crippen LogP contribution >= 0.6 is 0 Å². The molecule has 0 aromatic carbocycles. The molecular formula is C11H18N2O2. The van der Waals surface area contributed by atoms with Crippen LogP contribution in [0.4, 0.5) is 0 Å². The molecule has 1 amide bonds. The lowest BCUT2D eigenvalue weighted by molar-refractivity contribution is 0.0937. The van der Waals surface area contributed by atoms with E-state index in [1.807, 2.05) is 20.8 Å². The van der Waals surface area contributed by atoms with Gasteiger partial charge in [0.2, 0.25) is 0 Å². The van der Waals surface area contributed by atoms with Gasteiger partial charge in [0.25, 0.3) is 5.91 Å². The maximum atomic E-state index is 11.6. The fourth-order valence-electron chi connectivity index (χ4n) is 1.49. The Hall–Kier alpha value is -1.29. The van der Waals surface area contributed by atoms with Crippen LogP contribution in [0, 0.1) is 6.92 Å². The molecule has 0 radical (unpaired) electrons. The zero-order valence-corrected chi connectivity index (χ0v) is 9.41. The minimum Gasteiger partial charge on any atom is -0.469 e. The highest BCUT2D eigenvalue weighted by atomic mass is 16.3. The minimum absolute atomic E-state index is 0.0766. The molecule has 15 heavy (non-hydrogen) atoms. The molecule has 3 N–H and O–H groups in total. The third-order valence-electron chi connectivity index (χ3n) is 2.10. The van der Waals surface area contributed by atoms with Crippen molar-refractivity contribution in [1.82, 2.24) is 5.32 Å². The summed E-state index contributed by atoms with van der Waals surface area (Å²) >= 11 is 0.